The van der Waals surface area contributed by atoms with Gasteiger partial charge in [-0.2, -0.15) is 0 Å². The molecule has 3 nitrogen and oxygen atoms in total. The number of aromatic carboxylic acids is 1. The summed E-state index contributed by atoms with van der Waals surface area (Å²) in [6, 6.07) is 3.35. The number of hydrogen-bond acceptors (Lipinski definition) is 3. The van der Waals surface area contributed by atoms with Crippen LogP contribution in [0.2, 0.25) is 0 Å². The van der Waals surface area contributed by atoms with Gasteiger partial charge in [-0.3, -0.25) is 0 Å². The fourth-order valence-corrected chi connectivity index (χ4v) is 1.53. The number of thiophene rings is 1. The van der Waals surface area contributed by atoms with Crippen LogP contribution in [0.3, 0.4) is 0 Å². The molecular weight excluding hydrogens is 164 g/mol. The van der Waals surface area contributed by atoms with Crippen molar-refractivity contribution in [1.82, 2.24) is 0 Å². The monoisotopic (exact) mass is 172 g/mol. The smallest absolute Gasteiger partial charge is 0.345 e. The van der Waals surface area contributed by atoms with Gasteiger partial charge in [0.05, 0.1) is 6.61 Å². The van der Waals surface area contributed by atoms with Gasteiger partial charge in [-0.1, -0.05) is 0 Å². The van der Waals surface area contributed by atoms with Crippen molar-refractivity contribution in [3.8, 4) is 0 Å². The van der Waals surface area contributed by atoms with E-state index in [1.807, 2.05) is 0 Å². The maximum Gasteiger partial charge on any atom is 0.345 e. The van der Waals surface area contributed by atoms with Crippen molar-refractivity contribution >= 4 is 17.3 Å². The first-order valence-corrected chi connectivity index (χ1v) is 3.86. The number of hydrogen-bond donors (Lipinski definition) is 1. The Hall–Kier alpha value is -0.870. The lowest BCUT2D eigenvalue weighted by molar-refractivity contribution is 0.0702. The van der Waals surface area contributed by atoms with Gasteiger partial charge < -0.3 is 9.84 Å². The topological polar surface area (TPSA) is 46.5 Å². The highest BCUT2D eigenvalue weighted by Crippen LogP contribution is 2.16. The lowest BCUT2D eigenvalue weighted by Gasteiger charge is -1.90. The minimum absolute atomic E-state index is 0.358. The van der Waals surface area contributed by atoms with Gasteiger partial charge in [-0.15, -0.1) is 11.3 Å². The van der Waals surface area contributed by atoms with E-state index in [4.69, 9.17) is 9.84 Å². The molecule has 4 heteroatoms. The maximum absolute atomic E-state index is 10.4. The summed E-state index contributed by atoms with van der Waals surface area (Å²) >= 11 is 1.24. The Morgan fingerprint density at radius 3 is 2.91 bits per heavy atom. The minimum Gasteiger partial charge on any atom is -0.477 e. The lowest BCUT2D eigenvalue weighted by atomic mass is 10.4. The van der Waals surface area contributed by atoms with E-state index in [0.717, 1.165) is 4.88 Å². The van der Waals surface area contributed by atoms with E-state index in [1.165, 1.54) is 11.3 Å². The molecular formula is C7H8O3S. The van der Waals surface area contributed by atoms with E-state index in [9.17, 15) is 4.79 Å². The third-order valence-electron chi connectivity index (χ3n) is 1.16. The Labute approximate surface area is 68.2 Å². The predicted octanol–water partition coefficient (Wildman–Crippen LogP) is 1.59. The van der Waals surface area contributed by atoms with E-state index < -0.39 is 5.97 Å². The summed E-state index contributed by atoms with van der Waals surface area (Å²) in [5.74, 6) is -0.877. The number of carbonyl (C=O) groups is 1. The van der Waals surface area contributed by atoms with Crippen LogP contribution in [0.4, 0.5) is 0 Å². The van der Waals surface area contributed by atoms with Gasteiger partial charge >= 0.3 is 5.97 Å². The Balaban J connectivity index is 2.73. The highest BCUT2D eigenvalue weighted by atomic mass is 32.1. The third-order valence-corrected chi connectivity index (χ3v) is 2.21. The molecule has 0 amide bonds. The van der Waals surface area contributed by atoms with E-state index in [0.29, 0.717) is 11.5 Å². The highest BCUT2D eigenvalue weighted by Gasteiger charge is 2.05. The number of ether oxygens (including phenoxy) is 1. The van der Waals surface area contributed by atoms with Gasteiger partial charge in [0.15, 0.2) is 0 Å². The van der Waals surface area contributed by atoms with Crippen molar-refractivity contribution in [2.45, 2.75) is 6.61 Å². The first-order valence-electron chi connectivity index (χ1n) is 3.05. The molecule has 0 aromatic carbocycles. The molecule has 1 heterocycles. The number of rotatable bonds is 3. The Bertz CT molecular complexity index is 254. The lowest BCUT2D eigenvalue weighted by Crippen LogP contribution is -1.89. The molecule has 11 heavy (non-hydrogen) atoms. The molecule has 0 saturated carbocycles. The summed E-state index contributed by atoms with van der Waals surface area (Å²) in [6.07, 6.45) is 0. The van der Waals surface area contributed by atoms with E-state index >= 15 is 0 Å². The Morgan fingerprint density at radius 2 is 2.45 bits per heavy atom. The zero-order valence-electron chi connectivity index (χ0n) is 6.03. The van der Waals surface area contributed by atoms with Crippen LogP contribution in [0.15, 0.2) is 12.1 Å². The van der Waals surface area contributed by atoms with Crippen molar-refractivity contribution in [2.24, 2.45) is 0 Å². The summed E-state index contributed by atoms with van der Waals surface area (Å²) in [5.41, 5.74) is 0. The molecule has 0 fully saturated rings. The number of methoxy groups -OCH3 is 1. The van der Waals surface area contributed by atoms with Crippen LogP contribution in [0, 0.1) is 0 Å². The first-order chi connectivity index (χ1) is 5.24. The molecule has 0 spiro atoms. The molecule has 1 N–H and O–H groups in total. The van der Waals surface area contributed by atoms with E-state index in [2.05, 4.69) is 0 Å². The summed E-state index contributed by atoms with van der Waals surface area (Å²) in [7, 11) is 1.58. The first kappa shape index (κ1) is 8.23. The fraction of sp³-hybridized carbons (Fsp3) is 0.286. The van der Waals surface area contributed by atoms with Crippen LogP contribution in [-0.2, 0) is 11.3 Å². The van der Waals surface area contributed by atoms with Gasteiger partial charge in [0.25, 0.3) is 0 Å². The largest absolute Gasteiger partial charge is 0.477 e. The molecule has 0 bridgehead atoms. The normalized spacial score (nSPS) is 9.91. The standard InChI is InChI=1S/C7H8O3S/c1-10-4-5-2-3-6(11-5)7(8)9/h2-3H,4H2,1H3,(H,8,9). The van der Waals surface area contributed by atoms with E-state index in [-0.39, 0.29) is 0 Å². The molecule has 1 rings (SSSR count). The maximum atomic E-state index is 10.4. The van der Waals surface area contributed by atoms with Crippen LogP contribution in [0.25, 0.3) is 0 Å². The van der Waals surface area contributed by atoms with Crippen molar-refractivity contribution < 1.29 is 14.6 Å². The summed E-state index contributed by atoms with van der Waals surface area (Å²) in [4.78, 5) is 11.7. The number of carboxylic acids is 1. The van der Waals surface area contributed by atoms with Crippen molar-refractivity contribution in [1.29, 1.82) is 0 Å². The average molecular weight is 172 g/mol. The minimum atomic E-state index is -0.877. The molecule has 0 aliphatic carbocycles. The SMILES string of the molecule is COCc1ccc(C(=O)O)s1. The molecule has 0 radical (unpaired) electrons. The quantitative estimate of drug-likeness (QED) is 0.753. The highest BCUT2D eigenvalue weighted by molar-refractivity contribution is 7.13. The van der Waals surface area contributed by atoms with Gasteiger partial charge in [-0.25, -0.2) is 4.79 Å². The zero-order valence-corrected chi connectivity index (χ0v) is 6.85. The van der Waals surface area contributed by atoms with E-state index in [1.54, 1.807) is 19.2 Å². The molecule has 0 saturated heterocycles. The van der Waals surface area contributed by atoms with Gasteiger partial charge in [0.1, 0.15) is 4.88 Å². The number of carboxylic acid groups (broad SMARTS) is 1. The van der Waals surface area contributed by atoms with Crippen LogP contribution in [0.1, 0.15) is 14.5 Å². The molecule has 0 atom stereocenters. The van der Waals surface area contributed by atoms with Crippen LogP contribution in [0.5, 0.6) is 0 Å². The average Bonchev–Trinajstić information content (AvgIpc) is 2.37. The summed E-state index contributed by atoms with van der Waals surface area (Å²) < 4.78 is 4.84. The second-order valence-electron chi connectivity index (χ2n) is 2.00. The van der Waals surface area contributed by atoms with Crippen molar-refractivity contribution in [3.63, 3.8) is 0 Å². The summed E-state index contributed by atoms with van der Waals surface area (Å²) in [5, 5.41) is 8.54. The van der Waals surface area contributed by atoms with Crippen molar-refractivity contribution in [2.75, 3.05) is 7.11 Å². The Morgan fingerprint density at radius 1 is 1.73 bits per heavy atom. The predicted molar refractivity (Wildman–Crippen MR) is 42.0 cm³/mol. The molecule has 0 aliphatic rings. The Kier molecular flexibility index (Phi) is 2.62. The fourth-order valence-electron chi connectivity index (χ4n) is 0.713. The van der Waals surface area contributed by atoms with Gasteiger partial charge in [-0.05, 0) is 12.1 Å². The molecule has 0 aliphatic heterocycles. The van der Waals surface area contributed by atoms with Gasteiger partial charge in [0.2, 0.25) is 0 Å². The third kappa shape index (κ3) is 2.03. The van der Waals surface area contributed by atoms with Crippen LogP contribution in [-0.4, -0.2) is 18.2 Å². The van der Waals surface area contributed by atoms with Gasteiger partial charge in [0, 0.05) is 12.0 Å². The second-order valence-corrected chi connectivity index (χ2v) is 3.17. The zero-order chi connectivity index (χ0) is 8.27. The van der Waals surface area contributed by atoms with Crippen molar-refractivity contribution in [3.05, 3.63) is 21.9 Å². The summed E-state index contributed by atoms with van der Waals surface area (Å²) in [6.45, 7) is 0.484. The second kappa shape index (κ2) is 3.50. The molecule has 60 valence electrons. The molecule has 0 unspecified atom stereocenters. The van der Waals surface area contributed by atoms with Crippen LogP contribution >= 0.6 is 11.3 Å². The molecule has 1 aromatic rings. The molecule has 1 aromatic heterocycles. The van der Waals surface area contributed by atoms with Crippen LogP contribution < -0.4 is 0 Å².